The van der Waals surface area contributed by atoms with E-state index in [0.717, 1.165) is 77.2 Å². The van der Waals surface area contributed by atoms with E-state index >= 15 is 0 Å². The first-order chi connectivity index (χ1) is 27.0. The van der Waals surface area contributed by atoms with Crippen molar-refractivity contribution in [3.05, 3.63) is 188 Å². The van der Waals surface area contributed by atoms with Crippen LogP contribution in [0.15, 0.2) is 188 Å². The summed E-state index contributed by atoms with van der Waals surface area (Å²) in [5, 5.41) is 4.19. The Labute approximate surface area is 320 Å². The second-order valence-electron chi connectivity index (χ2n) is 14.1. The molecule has 55 heavy (non-hydrogen) atoms. The van der Waals surface area contributed by atoms with Gasteiger partial charge in [-0.25, -0.2) is 15.0 Å². The minimum Gasteiger partial charge on any atom is -0.314 e. The van der Waals surface area contributed by atoms with Crippen LogP contribution < -0.4 is 10.6 Å². The highest BCUT2D eigenvalue weighted by Crippen LogP contribution is 2.52. The second-order valence-corrected chi connectivity index (χ2v) is 16.9. The average Bonchev–Trinajstić information content (AvgIpc) is 3.50. The molecular weight excluding hydrogens is 690 g/mol. The van der Waals surface area contributed by atoms with Gasteiger partial charge in [-0.1, -0.05) is 170 Å². The fourth-order valence-electron chi connectivity index (χ4n) is 7.93. The van der Waals surface area contributed by atoms with E-state index in [4.69, 9.17) is 15.0 Å². The van der Waals surface area contributed by atoms with Crippen molar-refractivity contribution in [2.45, 2.75) is 0 Å². The summed E-state index contributed by atoms with van der Waals surface area (Å²) in [6.45, 7) is 1.90. The van der Waals surface area contributed by atoms with Crippen LogP contribution in [0.3, 0.4) is 0 Å². The summed E-state index contributed by atoms with van der Waals surface area (Å²) in [5.41, 5.74) is 11.6. The Balaban J connectivity index is 1.08. The average molecular weight is 724 g/mol. The van der Waals surface area contributed by atoms with E-state index in [1.165, 1.54) is 5.39 Å². The maximum Gasteiger partial charge on any atom is 0.164 e. The van der Waals surface area contributed by atoms with Gasteiger partial charge in [0, 0.05) is 32.9 Å². The molecule has 0 radical (unpaired) electrons. The fourth-order valence-corrected chi connectivity index (χ4v) is 10.2. The molecule has 0 fully saturated rings. The summed E-state index contributed by atoms with van der Waals surface area (Å²) in [6, 6.07) is 64.8. The molecule has 1 atom stereocenters. The van der Waals surface area contributed by atoms with Crippen molar-refractivity contribution < 1.29 is 4.57 Å². The Morgan fingerprint density at radius 2 is 0.891 bits per heavy atom. The van der Waals surface area contributed by atoms with Gasteiger partial charge in [-0.2, -0.15) is 0 Å². The molecule has 1 aliphatic heterocycles. The standard InChI is InChI=1S/C50H34N3OP/c1-55(54)45-24-11-10-22-43(45)47-42(23-13-25-46(47)55)40-31-38-18-8-9-21-41(38)44(32-40)34-26-28-36(29-27-34)49-51-48(35-16-6-3-7-17-35)52-50(53-49)39-20-12-19-37(30-39)33-14-4-2-5-15-33/h2-32H,1H3. The van der Waals surface area contributed by atoms with Gasteiger partial charge in [-0.05, 0) is 74.6 Å². The summed E-state index contributed by atoms with van der Waals surface area (Å²) in [5.74, 6) is 1.86. The Bertz CT molecular complexity index is 2960. The van der Waals surface area contributed by atoms with Gasteiger partial charge in [0.1, 0.15) is 7.14 Å². The number of hydrogen-bond acceptors (Lipinski definition) is 4. The van der Waals surface area contributed by atoms with E-state index in [1.807, 2.05) is 73.4 Å². The number of hydrogen-bond donors (Lipinski definition) is 0. The molecule has 1 aliphatic rings. The molecule has 2 heterocycles. The largest absolute Gasteiger partial charge is 0.314 e. The van der Waals surface area contributed by atoms with Crippen molar-refractivity contribution in [2.75, 3.05) is 6.66 Å². The van der Waals surface area contributed by atoms with Crippen molar-refractivity contribution in [3.63, 3.8) is 0 Å². The Kier molecular flexibility index (Phi) is 7.94. The van der Waals surface area contributed by atoms with Gasteiger partial charge in [0.25, 0.3) is 0 Å². The Morgan fingerprint density at radius 3 is 1.65 bits per heavy atom. The van der Waals surface area contributed by atoms with Crippen molar-refractivity contribution in [1.29, 1.82) is 0 Å². The van der Waals surface area contributed by atoms with E-state index in [2.05, 4.69) is 121 Å². The number of benzene rings is 8. The first kappa shape index (κ1) is 32.9. The lowest BCUT2D eigenvalue weighted by atomic mass is 9.89. The minimum absolute atomic E-state index is 0.613. The monoisotopic (exact) mass is 723 g/mol. The summed E-state index contributed by atoms with van der Waals surface area (Å²) in [4.78, 5) is 15.0. The van der Waals surface area contributed by atoms with Gasteiger partial charge < -0.3 is 4.57 Å². The maximum atomic E-state index is 14.2. The van der Waals surface area contributed by atoms with Crippen LogP contribution in [0, 0.1) is 0 Å². The molecule has 0 aliphatic carbocycles. The first-order valence-electron chi connectivity index (χ1n) is 18.4. The molecular formula is C50H34N3OP. The zero-order valence-corrected chi connectivity index (χ0v) is 31.0. The van der Waals surface area contributed by atoms with Crippen LogP contribution in [0.25, 0.3) is 89.4 Å². The predicted octanol–water partition coefficient (Wildman–Crippen LogP) is 12.0. The molecule has 0 amide bonds. The third-order valence-corrected chi connectivity index (χ3v) is 13.3. The molecule has 1 aromatic heterocycles. The summed E-state index contributed by atoms with van der Waals surface area (Å²) in [6.07, 6.45) is 0. The third kappa shape index (κ3) is 5.79. The molecule has 5 heteroatoms. The van der Waals surface area contributed by atoms with Crippen molar-refractivity contribution in [1.82, 2.24) is 15.0 Å². The van der Waals surface area contributed by atoms with Crippen molar-refractivity contribution in [2.24, 2.45) is 0 Å². The normalized spacial score (nSPS) is 14.4. The topological polar surface area (TPSA) is 55.7 Å². The van der Waals surface area contributed by atoms with E-state index < -0.39 is 7.14 Å². The van der Waals surface area contributed by atoms with Crippen LogP contribution in [-0.4, -0.2) is 21.6 Å². The van der Waals surface area contributed by atoms with Crippen molar-refractivity contribution in [3.8, 4) is 78.7 Å². The smallest absolute Gasteiger partial charge is 0.164 e. The summed E-state index contributed by atoms with van der Waals surface area (Å²) < 4.78 is 14.2. The van der Waals surface area contributed by atoms with E-state index in [1.54, 1.807) is 0 Å². The molecule has 9 aromatic rings. The summed E-state index contributed by atoms with van der Waals surface area (Å²) >= 11 is 0. The first-order valence-corrected chi connectivity index (χ1v) is 20.6. The highest BCUT2D eigenvalue weighted by molar-refractivity contribution is 7.79. The third-order valence-electron chi connectivity index (χ3n) is 10.7. The SMILES string of the molecule is CP1(=O)c2ccccc2-c2c(-c3cc(-c4ccc(-c5nc(-c6ccccc6)nc(-c6cccc(-c7ccccc7)c6)n5)cc4)c4ccccc4c3)cccc21. The zero-order chi connectivity index (χ0) is 36.9. The molecule has 10 rings (SSSR count). The van der Waals surface area contributed by atoms with E-state index in [-0.39, 0.29) is 0 Å². The van der Waals surface area contributed by atoms with Crippen LogP contribution in [-0.2, 0) is 4.57 Å². The Morgan fingerprint density at radius 1 is 0.364 bits per heavy atom. The molecule has 1 unspecified atom stereocenters. The molecule has 8 aromatic carbocycles. The lowest BCUT2D eigenvalue weighted by molar-refractivity contribution is 0.591. The van der Waals surface area contributed by atoms with Crippen LogP contribution in [0.2, 0.25) is 0 Å². The number of aromatic nitrogens is 3. The number of nitrogens with zero attached hydrogens (tertiary/aromatic N) is 3. The molecule has 4 nitrogen and oxygen atoms in total. The molecule has 0 bridgehead atoms. The molecule has 0 spiro atoms. The Hall–Kier alpha value is -6.74. The molecule has 260 valence electrons. The van der Waals surface area contributed by atoms with Gasteiger partial charge in [0.15, 0.2) is 17.5 Å². The van der Waals surface area contributed by atoms with Gasteiger partial charge in [-0.15, -0.1) is 0 Å². The van der Waals surface area contributed by atoms with Gasteiger partial charge >= 0.3 is 0 Å². The van der Waals surface area contributed by atoms with Crippen LogP contribution >= 0.6 is 7.14 Å². The zero-order valence-electron chi connectivity index (χ0n) is 30.1. The quantitative estimate of drug-likeness (QED) is 0.160. The predicted molar refractivity (Wildman–Crippen MR) is 228 cm³/mol. The lowest BCUT2D eigenvalue weighted by Gasteiger charge is -2.15. The molecule has 0 N–H and O–H groups in total. The summed E-state index contributed by atoms with van der Waals surface area (Å²) in [7, 11) is -2.70. The number of rotatable bonds is 6. The van der Waals surface area contributed by atoms with E-state index in [0.29, 0.717) is 17.5 Å². The van der Waals surface area contributed by atoms with Crippen molar-refractivity contribution >= 4 is 28.5 Å². The van der Waals surface area contributed by atoms with Crippen LogP contribution in [0.4, 0.5) is 0 Å². The van der Waals surface area contributed by atoms with Gasteiger partial charge in [0.2, 0.25) is 0 Å². The van der Waals surface area contributed by atoms with Gasteiger partial charge in [-0.3, -0.25) is 0 Å². The molecule has 0 saturated carbocycles. The maximum absolute atomic E-state index is 14.2. The molecule has 0 saturated heterocycles. The minimum atomic E-state index is -2.70. The van der Waals surface area contributed by atoms with Gasteiger partial charge in [0.05, 0.1) is 0 Å². The second kappa shape index (κ2) is 13.3. The van der Waals surface area contributed by atoms with Crippen LogP contribution in [0.5, 0.6) is 0 Å². The van der Waals surface area contributed by atoms with E-state index in [9.17, 15) is 4.57 Å². The lowest BCUT2D eigenvalue weighted by Crippen LogP contribution is -2.07. The van der Waals surface area contributed by atoms with Crippen LogP contribution in [0.1, 0.15) is 0 Å². The highest BCUT2D eigenvalue weighted by atomic mass is 31.2. The highest BCUT2D eigenvalue weighted by Gasteiger charge is 2.36. The fraction of sp³-hybridized carbons (Fsp3) is 0.0200. The number of fused-ring (bicyclic) bond motifs is 4.